The molecule has 2 fully saturated rings. The summed E-state index contributed by atoms with van der Waals surface area (Å²) >= 11 is 0. The van der Waals surface area contributed by atoms with Crippen molar-refractivity contribution in [3.8, 4) is 0 Å². The Morgan fingerprint density at radius 2 is 2.00 bits per heavy atom. The van der Waals surface area contributed by atoms with Gasteiger partial charge in [0.25, 0.3) is 0 Å². The van der Waals surface area contributed by atoms with Crippen molar-refractivity contribution in [1.82, 2.24) is 15.4 Å². The zero-order valence-corrected chi connectivity index (χ0v) is 18.3. The number of anilines is 1. The Bertz CT molecular complexity index is 993. The van der Waals surface area contributed by atoms with Gasteiger partial charge >= 0.3 is 0 Å². The minimum absolute atomic E-state index is 0.148. The van der Waals surface area contributed by atoms with Crippen LogP contribution in [0.2, 0.25) is 0 Å². The summed E-state index contributed by atoms with van der Waals surface area (Å²) in [5.74, 6) is -1.04. The SMILES string of the molecule is COC(OC)C1CCN(CC(=O)Nc2cccc3c(C4CCC(=O)NC4=O)noc23)CC1. The standard InChI is InChI=1S/C22H28N4O6/c1-30-22(31-2)13-8-10-26(11-9-13)12-18(28)23-16-5-3-4-14-19(25-32-20(14)16)15-6-7-17(27)24-21(15)29/h3-5,13,15,22H,6-12H2,1-2H3,(H,23,28)(H,24,27,29). The van der Waals surface area contributed by atoms with E-state index in [2.05, 4.69) is 20.7 Å². The van der Waals surface area contributed by atoms with Crippen LogP contribution < -0.4 is 10.6 Å². The Balaban J connectivity index is 1.39. The molecule has 2 aliphatic rings. The van der Waals surface area contributed by atoms with Crippen molar-refractivity contribution in [1.29, 1.82) is 0 Å². The quantitative estimate of drug-likeness (QED) is 0.488. The van der Waals surface area contributed by atoms with Crippen LogP contribution in [-0.2, 0) is 23.9 Å². The second-order valence-corrected chi connectivity index (χ2v) is 8.26. The summed E-state index contributed by atoms with van der Waals surface area (Å²) in [5, 5.41) is 9.99. The van der Waals surface area contributed by atoms with Crippen LogP contribution in [-0.4, -0.2) is 67.9 Å². The van der Waals surface area contributed by atoms with Gasteiger partial charge in [0.2, 0.25) is 17.7 Å². The smallest absolute Gasteiger partial charge is 0.238 e. The highest BCUT2D eigenvalue weighted by atomic mass is 16.7. The first-order chi connectivity index (χ1) is 15.5. The molecule has 0 saturated carbocycles. The number of amides is 3. The van der Waals surface area contributed by atoms with Gasteiger partial charge in [-0.3, -0.25) is 24.6 Å². The number of para-hydroxylation sites is 1. The van der Waals surface area contributed by atoms with Gasteiger partial charge in [0, 0.05) is 31.9 Å². The number of aromatic nitrogens is 1. The maximum atomic E-state index is 12.7. The van der Waals surface area contributed by atoms with E-state index in [1.165, 1.54) is 0 Å². The molecule has 0 aliphatic carbocycles. The molecule has 2 aliphatic heterocycles. The monoisotopic (exact) mass is 444 g/mol. The van der Waals surface area contributed by atoms with Crippen LogP contribution in [0.5, 0.6) is 0 Å². The van der Waals surface area contributed by atoms with E-state index in [1.807, 2.05) is 0 Å². The summed E-state index contributed by atoms with van der Waals surface area (Å²) in [6.45, 7) is 1.84. The summed E-state index contributed by atoms with van der Waals surface area (Å²) in [6.07, 6.45) is 2.21. The first kappa shape index (κ1) is 22.4. The maximum absolute atomic E-state index is 12.7. The molecule has 32 heavy (non-hydrogen) atoms. The summed E-state index contributed by atoms with van der Waals surface area (Å²) in [7, 11) is 3.29. The van der Waals surface area contributed by atoms with E-state index >= 15 is 0 Å². The van der Waals surface area contributed by atoms with E-state index in [4.69, 9.17) is 14.0 Å². The van der Waals surface area contributed by atoms with E-state index < -0.39 is 5.92 Å². The number of piperidine rings is 2. The van der Waals surface area contributed by atoms with Crippen LogP contribution in [0.1, 0.15) is 37.3 Å². The number of nitrogens with one attached hydrogen (secondary N) is 2. The van der Waals surface area contributed by atoms with Crippen LogP contribution >= 0.6 is 0 Å². The van der Waals surface area contributed by atoms with Crippen molar-refractivity contribution in [3.63, 3.8) is 0 Å². The number of hydrogen-bond acceptors (Lipinski definition) is 8. The molecule has 172 valence electrons. The number of rotatable bonds is 7. The average Bonchev–Trinajstić information content (AvgIpc) is 3.21. The Hall–Kier alpha value is -2.82. The van der Waals surface area contributed by atoms with Crippen molar-refractivity contribution in [3.05, 3.63) is 23.9 Å². The highest BCUT2D eigenvalue weighted by Gasteiger charge is 2.32. The molecule has 2 saturated heterocycles. The Kier molecular flexibility index (Phi) is 6.83. The Morgan fingerprint density at radius 1 is 1.25 bits per heavy atom. The largest absolute Gasteiger partial charge is 0.356 e. The summed E-state index contributed by atoms with van der Waals surface area (Å²) in [4.78, 5) is 38.4. The molecule has 3 heterocycles. The van der Waals surface area contributed by atoms with Gasteiger partial charge < -0.3 is 19.3 Å². The molecule has 1 aromatic heterocycles. The van der Waals surface area contributed by atoms with E-state index in [0.717, 1.165) is 25.9 Å². The van der Waals surface area contributed by atoms with Gasteiger partial charge in [-0.1, -0.05) is 11.2 Å². The molecule has 1 atom stereocenters. The predicted molar refractivity (Wildman–Crippen MR) is 115 cm³/mol. The van der Waals surface area contributed by atoms with Gasteiger partial charge in [0.15, 0.2) is 11.9 Å². The predicted octanol–water partition coefficient (Wildman–Crippen LogP) is 1.62. The molecule has 0 spiro atoms. The molecule has 0 radical (unpaired) electrons. The number of hydrogen-bond donors (Lipinski definition) is 2. The number of likely N-dealkylation sites (tertiary alicyclic amines) is 1. The minimum Gasteiger partial charge on any atom is -0.356 e. The molecule has 0 bridgehead atoms. The third-order valence-corrected chi connectivity index (χ3v) is 6.22. The number of methoxy groups -OCH3 is 2. The van der Waals surface area contributed by atoms with Crippen molar-refractivity contribution in [2.45, 2.75) is 37.9 Å². The lowest BCUT2D eigenvalue weighted by Gasteiger charge is -2.34. The first-order valence-electron chi connectivity index (χ1n) is 10.8. The summed E-state index contributed by atoms with van der Waals surface area (Å²) in [6, 6.07) is 5.33. The molecule has 10 heteroatoms. The number of imide groups is 1. The molecular formula is C22H28N4O6. The maximum Gasteiger partial charge on any atom is 0.238 e. The third-order valence-electron chi connectivity index (χ3n) is 6.22. The number of fused-ring (bicyclic) bond motifs is 1. The second-order valence-electron chi connectivity index (χ2n) is 8.26. The van der Waals surface area contributed by atoms with Crippen LogP contribution in [0.3, 0.4) is 0 Å². The van der Waals surface area contributed by atoms with Crippen LogP contribution in [0.4, 0.5) is 5.69 Å². The first-order valence-corrected chi connectivity index (χ1v) is 10.8. The number of carbonyl (C=O) groups is 3. The van der Waals surface area contributed by atoms with Crippen molar-refractivity contribution in [2.24, 2.45) is 5.92 Å². The van der Waals surface area contributed by atoms with Crippen LogP contribution in [0.15, 0.2) is 22.7 Å². The molecule has 10 nitrogen and oxygen atoms in total. The fraction of sp³-hybridized carbons (Fsp3) is 0.545. The molecule has 2 N–H and O–H groups in total. The Morgan fingerprint density at radius 3 is 2.69 bits per heavy atom. The number of nitrogens with zero attached hydrogens (tertiary/aromatic N) is 2. The molecular weight excluding hydrogens is 416 g/mol. The van der Waals surface area contributed by atoms with Crippen molar-refractivity contribution >= 4 is 34.4 Å². The van der Waals surface area contributed by atoms with Crippen molar-refractivity contribution < 1.29 is 28.4 Å². The summed E-state index contributed by atoms with van der Waals surface area (Å²) in [5.41, 5.74) is 1.41. The van der Waals surface area contributed by atoms with E-state index in [-0.39, 0.29) is 37.0 Å². The van der Waals surface area contributed by atoms with Gasteiger partial charge in [0.1, 0.15) is 5.69 Å². The number of ether oxygens (including phenoxy) is 2. The van der Waals surface area contributed by atoms with Crippen LogP contribution in [0.25, 0.3) is 11.0 Å². The second kappa shape index (κ2) is 9.76. The topological polar surface area (TPSA) is 123 Å². The fourth-order valence-corrected chi connectivity index (χ4v) is 4.54. The van der Waals surface area contributed by atoms with Gasteiger partial charge in [-0.15, -0.1) is 0 Å². The molecule has 3 amide bonds. The molecule has 2 aromatic rings. The van der Waals surface area contributed by atoms with Crippen molar-refractivity contribution in [2.75, 3.05) is 39.2 Å². The van der Waals surface area contributed by atoms with Crippen LogP contribution in [0, 0.1) is 5.92 Å². The van der Waals surface area contributed by atoms with Gasteiger partial charge in [-0.05, 0) is 44.5 Å². The van der Waals surface area contributed by atoms with E-state index in [0.29, 0.717) is 34.7 Å². The lowest BCUT2D eigenvalue weighted by molar-refractivity contribution is -0.147. The zero-order valence-electron chi connectivity index (χ0n) is 18.3. The lowest BCUT2D eigenvalue weighted by Crippen LogP contribution is -2.42. The highest BCUT2D eigenvalue weighted by Crippen LogP contribution is 2.33. The number of carbonyl (C=O) groups excluding carboxylic acids is 3. The van der Waals surface area contributed by atoms with Gasteiger partial charge in [0.05, 0.1) is 18.2 Å². The van der Waals surface area contributed by atoms with Gasteiger partial charge in [-0.25, -0.2) is 0 Å². The normalized spacial score (nSPS) is 20.7. The highest BCUT2D eigenvalue weighted by molar-refractivity contribution is 6.04. The lowest BCUT2D eigenvalue weighted by atomic mass is 9.93. The van der Waals surface area contributed by atoms with E-state index in [9.17, 15) is 14.4 Å². The molecule has 1 aromatic carbocycles. The van der Waals surface area contributed by atoms with E-state index in [1.54, 1.807) is 32.4 Å². The fourth-order valence-electron chi connectivity index (χ4n) is 4.54. The number of benzene rings is 1. The minimum atomic E-state index is -0.552. The van der Waals surface area contributed by atoms with Gasteiger partial charge in [-0.2, -0.15) is 0 Å². The average molecular weight is 444 g/mol. The molecule has 1 unspecified atom stereocenters. The Labute approximate surface area is 185 Å². The summed E-state index contributed by atoms with van der Waals surface area (Å²) < 4.78 is 16.2. The zero-order chi connectivity index (χ0) is 22.7. The molecule has 4 rings (SSSR count). The third kappa shape index (κ3) is 4.67.